The summed E-state index contributed by atoms with van der Waals surface area (Å²) in [5.41, 5.74) is 0. The van der Waals surface area contributed by atoms with Gasteiger partial charge in [0.15, 0.2) is 11.1 Å². The summed E-state index contributed by atoms with van der Waals surface area (Å²) in [6, 6.07) is 1.88. The first-order chi connectivity index (χ1) is 4.72. The molecule has 0 saturated heterocycles. The van der Waals surface area contributed by atoms with Crippen LogP contribution in [-0.4, -0.2) is 14.0 Å². The predicted octanol–water partition coefficient (Wildman–Crippen LogP) is 1.29. The molecule has 58 valence electrons. The molecule has 0 aliphatic heterocycles. The van der Waals surface area contributed by atoms with Crippen LogP contribution >= 0.6 is 0 Å². The van der Waals surface area contributed by atoms with Gasteiger partial charge in [-0.1, -0.05) is 13.3 Å². The molecule has 4 heteroatoms. The summed E-state index contributed by atoms with van der Waals surface area (Å²) < 4.78 is 19.0. The van der Waals surface area contributed by atoms with E-state index in [-0.39, 0.29) is 11.7 Å². The summed E-state index contributed by atoms with van der Waals surface area (Å²) in [7, 11) is 0. The van der Waals surface area contributed by atoms with Crippen LogP contribution in [0.4, 0.5) is 0 Å². The SMILES string of the molecule is CCCC(CC#N)S(=O)O. The van der Waals surface area contributed by atoms with E-state index in [1.807, 2.05) is 13.0 Å². The molecule has 2 unspecified atom stereocenters. The van der Waals surface area contributed by atoms with E-state index in [0.717, 1.165) is 6.42 Å². The molecule has 0 fully saturated rings. The highest BCUT2D eigenvalue weighted by Gasteiger charge is 2.12. The molecular formula is C6H11NO2S. The zero-order chi connectivity index (χ0) is 7.98. The van der Waals surface area contributed by atoms with Gasteiger partial charge in [-0.15, -0.1) is 0 Å². The first kappa shape index (κ1) is 9.60. The lowest BCUT2D eigenvalue weighted by Crippen LogP contribution is -2.12. The molecule has 0 bridgehead atoms. The third-order valence-corrected chi connectivity index (χ3v) is 2.19. The number of hydrogen-bond donors (Lipinski definition) is 1. The third kappa shape index (κ3) is 3.59. The van der Waals surface area contributed by atoms with Gasteiger partial charge in [-0.05, 0) is 6.42 Å². The third-order valence-electron chi connectivity index (χ3n) is 1.21. The van der Waals surface area contributed by atoms with Gasteiger partial charge in [-0.3, -0.25) is 0 Å². The Morgan fingerprint density at radius 2 is 2.40 bits per heavy atom. The van der Waals surface area contributed by atoms with Crippen molar-refractivity contribution in [1.82, 2.24) is 0 Å². The summed E-state index contributed by atoms with van der Waals surface area (Å²) in [4.78, 5) is 0. The second-order valence-electron chi connectivity index (χ2n) is 2.05. The molecule has 0 aliphatic carbocycles. The Morgan fingerprint density at radius 1 is 1.80 bits per heavy atom. The lowest BCUT2D eigenvalue weighted by atomic mass is 10.2. The van der Waals surface area contributed by atoms with Crippen LogP contribution in [0, 0.1) is 11.3 Å². The molecule has 0 saturated carbocycles. The Bertz CT molecular complexity index is 152. The van der Waals surface area contributed by atoms with Crippen molar-refractivity contribution in [2.75, 3.05) is 0 Å². The van der Waals surface area contributed by atoms with Crippen molar-refractivity contribution in [2.24, 2.45) is 0 Å². The van der Waals surface area contributed by atoms with Crippen molar-refractivity contribution in [3.05, 3.63) is 0 Å². The van der Waals surface area contributed by atoms with E-state index >= 15 is 0 Å². The zero-order valence-corrected chi connectivity index (χ0v) is 6.73. The highest BCUT2D eigenvalue weighted by molar-refractivity contribution is 7.79. The second kappa shape index (κ2) is 5.39. The van der Waals surface area contributed by atoms with Crippen LogP contribution in [-0.2, 0) is 11.1 Å². The van der Waals surface area contributed by atoms with Crippen LogP contribution in [0.1, 0.15) is 26.2 Å². The van der Waals surface area contributed by atoms with Crippen LogP contribution in [0.3, 0.4) is 0 Å². The van der Waals surface area contributed by atoms with Crippen molar-refractivity contribution in [1.29, 1.82) is 5.26 Å². The normalized spacial score (nSPS) is 15.7. The molecule has 0 aliphatic rings. The van der Waals surface area contributed by atoms with E-state index in [2.05, 4.69) is 0 Å². The van der Waals surface area contributed by atoms with Crippen molar-refractivity contribution in [3.8, 4) is 6.07 Å². The summed E-state index contributed by atoms with van der Waals surface area (Å²) >= 11 is -1.83. The minimum atomic E-state index is -1.83. The number of rotatable bonds is 4. The number of hydrogen-bond acceptors (Lipinski definition) is 2. The Morgan fingerprint density at radius 3 is 2.70 bits per heavy atom. The molecule has 0 aromatic heterocycles. The summed E-state index contributed by atoms with van der Waals surface area (Å²) in [6.45, 7) is 1.93. The molecule has 0 amide bonds. The minimum Gasteiger partial charge on any atom is -0.306 e. The van der Waals surface area contributed by atoms with E-state index in [1.54, 1.807) is 0 Å². The Kier molecular flexibility index (Phi) is 5.17. The molecule has 0 aromatic rings. The Labute approximate surface area is 63.3 Å². The van der Waals surface area contributed by atoms with Gasteiger partial charge in [0.05, 0.1) is 17.7 Å². The first-order valence-corrected chi connectivity index (χ1v) is 4.36. The maximum Gasteiger partial charge on any atom is 0.157 e. The molecule has 0 rings (SSSR count). The number of nitrogens with zero attached hydrogens (tertiary/aromatic N) is 1. The quantitative estimate of drug-likeness (QED) is 0.632. The maximum absolute atomic E-state index is 10.4. The van der Waals surface area contributed by atoms with Gasteiger partial charge in [0, 0.05) is 0 Å². The standard InChI is InChI=1S/C6H11NO2S/c1-2-3-6(4-5-7)10(8)9/h6H,2-4H2,1H3,(H,8,9). The lowest BCUT2D eigenvalue weighted by Gasteiger charge is -2.05. The largest absolute Gasteiger partial charge is 0.306 e. The Hall–Kier alpha value is -0.400. The average Bonchev–Trinajstić information content (AvgIpc) is 1.87. The molecule has 0 heterocycles. The van der Waals surface area contributed by atoms with E-state index < -0.39 is 11.1 Å². The fraction of sp³-hybridized carbons (Fsp3) is 0.833. The fourth-order valence-electron chi connectivity index (χ4n) is 0.698. The number of nitriles is 1. The minimum absolute atomic E-state index is 0.178. The van der Waals surface area contributed by atoms with E-state index in [1.165, 1.54) is 0 Å². The molecule has 0 radical (unpaired) electrons. The zero-order valence-electron chi connectivity index (χ0n) is 5.91. The first-order valence-electron chi connectivity index (χ1n) is 3.19. The molecule has 3 nitrogen and oxygen atoms in total. The van der Waals surface area contributed by atoms with Crippen molar-refractivity contribution < 1.29 is 8.76 Å². The monoisotopic (exact) mass is 161 g/mol. The summed E-state index contributed by atoms with van der Waals surface area (Å²) in [5.74, 6) is 0. The van der Waals surface area contributed by atoms with Gasteiger partial charge in [0.2, 0.25) is 0 Å². The van der Waals surface area contributed by atoms with Gasteiger partial charge in [0.1, 0.15) is 0 Å². The second-order valence-corrected chi connectivity index (χ2v) is 3.27. The molecular weight excluding hydrogens is 150 g/mol. The van der Waals surface area contributed by atoms with Gasteiger partial charge in [-0.25, -0.2) is 4.21 Å². The predicted molar refractivity (Wildman–Crippen MR) is 39.7 cm³/mol. The molecule has 0 spiro atoms. The molecule has 2 atom stereocenters. The molecule has 1 N–H and O–H groups in total. The van der Waals surface area contributed by atoms with Crippen molar-refractivity contribution in [2.45, 2.75) is 31.4 Å². The van der Waals surface area contributed by atoms with E-state index in [9.17, 15) is 4.21 Å². The van der Waals surface area contributed by atoms with Gasteiger partial charge < -0.3 is 4.55 Å². The average molecular weight is 161 g/mol. The highest BCUT2D eigenvalue weighted by Crippen LogP contribution is 2.06. The summed E-state index contributed by atoms with van der Waals surface area (Å²) in [5, 5.41) is 7.86. The van der Waals surface area contributed by atoms with Crippen molar-refractivity contribution in [3.63, 3.8) is 0 Å². The van der Waals surface area contributed by atoms with E-state index in [0.29, 0.717) is 6.42 Å². The topological polar surface area (TPSA) is 61.1 Å². The van der Waals surface area contributed by atoms with Crippen LogP contribution in [0.2, 0.25) is 0 Å². The van der Waals surface area contributed by atoms with Gasteiger partial charge in [0.25, 0.3) is 0 Å². The van der Waals surface area contributed by atoms with Gasteiger partial charge >= 0.3 is 0 Å². The van der Waals surface area contributed by atoms with Crippen LogP contribution in [0.25, 0.3) is 0 Å². The van der Waals surface area contributed by atoms with E-state index in [4.69, 9.17) is 9.81 Å². The highest BCUT2D eigenvalue weighted by atomic mass is 32.2. The smallest absolute Gasteiger partial charge is 0.157 e. The maximum atomic E-state index is 10.4. The molecule has 10 heavy (non-hydrogen) atoms. The summed E-state index contributed by atoms with van der Waals surface area (Å²) in [6.07, 6.45) is 1.67. The van der Waals surface area contributed by atoms with Crippen LogP contribution < -0.4 is 0 Å². The fourth-order valence-corrected chi connectivity index (χ4v) is 1.35. The van der Waals surface area contributed by atoms with Crippen molar-refractivity contribution >= 4 is 11.1 Å². The van der Waals surface area contributed by atoms with Gasteiger partial charge in [-0.2, -0.15) is 5.26 Å². The molecule has 0 aromatic carbocycles. The van der Waals surface area contributed by atoms with Crippen LogP contribution in [0.15, 0.2) is 0 Å². The Balaban J connectivity index is 3.75. The lowest BCUT2D eigenvalue weighted by molar-refractivity contribution is 0.539. The van der Waals surface area contributed by atoms with Crippen LogP contribution in [0.5, 0.6) is 0 Å².